The van der Waals surface area contributed by atoms with Gasteiger partial charge < -0.3 is 26.0 Å². The molecule has 0 radical (unpaired) electrons. The molecular formula is C22H28N4O4. The summed E-state index contributed by atoms with van der Waals surface area (Å²) in [5, 5.41) is 17.0. The molecule has 30 heavy (non-hydrogen) atoms. The lowest BCUT2D eigenvalue weighted by Crippen LogP contribution is -2.56. The Morgan fingerprint density at radius 2 is 2.00 bits per heavy atom. The fourth-order valence-electron chi connectivity index (χ4n) is 5.42. The Morgan fingerprint density at radius 3 is 2.67 bits per heavy atom. The smallest absolute Gasteiger partial charge is 0.352 e. The zero-order chi connectivity index (χ0) is 21.5. The number of nitrogens with zero attached hydrogens (tertiary/aromatic N) is 1. The number of para-hydroxylation sites is 1. The van der Waals surface area contributed by atoms with E-state index in [-0.39, 0.29) is 17.6 Å². The largest absolute Gasteiger partial charge is 0.477 e. The van der Waals surface area contributed by atoms with Crippen LogP contribution in [0.3, 0.4) is 0 Å². The highest BCUT2D eigenvalue weighted by molar-refractivity contribution is 6.05. The summed E-state index contributed by atoms with van der Waals surface area (Å²) in [6.45, 7) is 1.53. The van der Waals surface area contributed by atoms with Gasteiger partial charge in [-0.15, -0.1) is 0 Å². The lowest BCUT2D eigenvalue weighted by molar-refractivity contribution is -0.137. The number of aromatic nitrogens is 1. The molecule has 3 atom stereocenters. The second-order valence-corrected chi connectivity index (χ2v) is 8.44. The quantitative estimate of drug-likeness (QED) is 0.588. The van der Waals surface area contributed by atoms with Crippen molar-refractivity contribution in [1.82, 2.24) is 15.2 Å². The van der Waals surface area contributed by atoms with Crippen LogP contribution in [0.25, 0.3) is 10.9 Å². The standard InChI is InChI=1S/C22H28N4O4/c1-26-16-8-3-2-6-14(16)17(18(26)20(28)29)22(21(23)30)10-5-4-7-15(22)19(27)25-13-9-11-24-12-13/h2-3,6,8,13,15,24H,4-5,7,9-12H2,1H3,(H2,23,30)(H,25,27)(H,28,29)/t13?,15-,22-/m0/s1. The maximum absolute atomic E-state index is 13.4. The van der Waals surface area contributed by atoms with Gasteiger partial charge in [-0.05, 0) is 31.9 Å². The van der Waals surface area contributed by atoms with Crippen molar-refractivity contribution < 1.29 is 19.5 Å². The number of nitrogens with one attached hydrogen (secondary N) is 2. The summed E-state index contributed by atoms with van der Waals surface area (Å²) < 4.78 is 1.59. The summed E-state index contributed by atoms with van der Waals surface area (Å²) in [4.78, 5) is 38.7. The van der Waals surface area contributed by atoms with Crippen LogP contribution >= 0.6 is 0 Å². The highest BCUT2D eigenvalue weighted by Crippen LogP contribution is 2.48. The molecule has 2 aliphatic rings. The lowest BCUT2D eigenvalue weighted by Gasteiger charge is -2.41. The molecule has 0 bridgehead atoms. The van der Waals surface area contributed by atoms with Gasteiger partial charge in [-0.3, -0.25) is 9.59 Å². The zero-order valence-electron chi connectivity index (χ0n) is 17.1. The fraction of sp³-hybridized carbons (Fsp3) is 0.500. The molecule has 2 amide bonds. The second-order valence-electron chi connectivity index (χ2n) is 8.44. The molecule has 1 aromatic carbocycles. The fourth-order valence-corrected chi connectivity index (χ4v) is 5.42. The average Bonchev–Trinajstić information content (AvgIpc) is 3.34. The topological polar surface area (TPSA) is 126 Å². The molecule has 8 heteroatoms. The molecule has 1 saturated heterocycles. The maximum Gasteiger partial charge on any atom is 0.352 e. The van der Waals surface area contributed by atoms with E-state index in [0.29, 0.717) is 42.3 Å². The van der Waals surface area contributed by atoms with Crippen LogP contribution in [0.15, 0.2) is 24.3 Å². The van der Waals surface area contributed by atoms with Crippen LogP contribution in [0.2, 0.25) is 0 Å². The summed E-state index contributed by atoms with van der Waals surface area (Å²) in [6, 6.07) is 7.28. The molecule has 160 valence electrons. The van der Waals surface area contributed by atoms with E-state index in [1.807, 2.05) is 24.3 Å². The number of nitrogens with two attached hydrogens (primary N) is 1. The van der Waals surface area contributed by atoms with Gasteiger partial charge >= 0.3 is 5.97 Å². The Morgan fingerprint density at radius 1 is 1.23 bits per heavy atom. The molecule has 2 aromatic rings. The Bertz CT molecular complexity index is 1010. The van der Waals surface area contributed by atoms with Crippen molar-refractivity contribution in [1.29, 1.82) is 0 Å². The molecule has 4 rings (SSSR count). The van der Waals surface area contributed by atoms with Gasteiger partial charge in [0.15, 0.2) is 0 Å². The predicted molar refractivity (Wildman–Crippen MR) is 112 cm³/mol. The van der Waals surface area contributed by atoms with Crippen molar-refractivity contribution in [2.45, 2.75) is 43.6 Å². The van der Waals surface area contributed by atoms with Crippen LogP contribution in [0, 0.1) is 5.92 Å². The van der Waals surface area contributed by atoms with Gasteiger partial charge in [-0.1, -0.05) is 31.0 Å². The van der Waals surface area contributed by atoms with E-state index in [2.05, 4.69) is 10.6 Å². The molecule has 2 fully saturated rings. The van der Waals surface area contributed by atoms with Crippen molar-refractivity contribution in [2.75, 3.05) is 13.1 Å². The minimum atomic E-state index is -1.36. The second kappa shape index (κ2) is 7.75. The average molecular weight is 412 g/mol. The van der Waals surface area contributed by atoms with Gasteiger partial charge in [0.2, 0.25) is 11.8 Å². The van der Waals surface area contributed by atoms with E-state index in [1.165, 1.54) is 0 Å². The number of carbonyl (C=O) groups is 3. The van der Waals surface area contributed by atoms with Crippen molar-refractivity contribution in [2.24, 2.45) is 18.7 Å². The summed E-state index contributed by atoms with van der Waals surface area (Å²) >= 11 is 0. The van der Waals surface area contributed by atoms with Crippen LogP contribution in [-0.2, 0) is 22.1 Å². The first kappa shape index (κ1) is 20.4. The highest BCUT2D eigenvalue weighted by atomic mass is 16.4. The minimum absolute atomic E-state index is 0.0106. The number of carboxylic acid groups (broad SMARTS) is 1. The first-order chi connectivity index (χ1) is 14.4. The van der Waals surface area contributed by atoms with Gasteiger partial charge in [-0.25, -0.2) is 4.79 Å². The van der Waals surface area contributed by atoms with E-state index in [4.69, 9.17) is 5.73 Å². The Labute approximate surface area is 174 Å². The molecule has 0 spiro atoms. The van der Waals surface area contributed by atoms with Crippen molar-refractivity contribution >= 4 is 28.7 Å². The summed E-state index contributed by atoms with van der Waals surface area (Å²) in [7, 11) is 1.67. The van der Waals surface area contributed by atoms with E-state index >= 15 is 0 Å². The summed E-state index contributed by atoms with van der Waals surface area (Å²) in [6.07, 6.45) is 3.19. The third kappa shape index (κ3) is 3.06. The minimum Gasteiger partial charge on any atom is -0.477 e. The third-order valence-corrected chi connectivity index (χ3v) is 6.83. The molecule has 8 nitrogen and oxygen atoms in total. The number of carboxylic acids is 1. The monoisotopic (exact) mass is 412 g/mol. The van der Waals surface area contributed by atoms with E-state index < -0.39 is 23.2 Å². The summed E-state index contributed by atoms with van der Waals surface area (Å²) in [5.74, 6) is -2.68. The number of rotatable bonds is 5. The normalized spacial score (nSPS) is 26.6. The first-order valence-corrected chi connectivity index (χ1v) is 10.5. The summed E-state index contributed by atoms with van der Waals surface area (Å²) in [5.41, 5.74) is 5.76. The van der Waals surface area contributed by atoms with Crippen LogP contribution in [0.4, 0.5) is 0 Å². The van der Waals surface area contributed by atoms with Gasteiger partial charge in [0, 0.05) is 36.1 Å². The number of amides is 2. The Hall–Kier alpha value is -2.87. The number of aryl methyl sites for hydroxylation is 1. The molecule has 1 aromatic heterocycles. The Kier molecular flexibility index (Phi) is 5.27. The van der Waals surface area contributed by atoms with Gasteiger partial charge in [-0.2, -0.15) is 0 Å². The predicted octanol–water partition coefficient (Wildman–Crippen LogP) is 1.27. The van der Waals surface area contributed by atoms with E-state index in [1.54, 1.807) is 11.6 Å². The van der Waals surface area contributed by atoms with Crippen molar-refractivity contribution in [3.8, 4) is 0 Å². The van der Waals surface area contributed by atoms with E-state index in [9.17, 15) is 19.5 Å². The number of fused-ring (bicyclic) bond motifs is 1. The van der Waals surface area contributed by atoms with Gasteiger partial charge in [0.1, 0.15) is 5.69 Å². The first-order valence-electron chi connectivity index (χ1n) is 10.5. The van der Waals surface area contributed by atoms with Gasteiger partial charge in [0.05, 0.1) is 11.3 Å². The number of aromatic carboxylic acids is 1. The molecule has 1 unspecified atom stereocenters. The number of hydrogen-bond donors (Lipinski definition) is 4. The number of carbonyl (C=O) groups excluding carboxylic acids is 2. The van der Waals surface area contributed by atoms with Crippen LogP contribution < -0.4 is 16.4 Å². The molecule has 1 saturated carbocycles. The number of hydrogen-bond acceptors (Lipinski definition) is 4. The SMILES string of the molecule is Cn1c(C(=O)O)c([C@]2(C(N)=O)CCCC[C@H]2C(=O)NC2CCNC2)c2ccccc21. The van der Waals surface area contributed by atoms with Gasteiger partial charge in [0.25, 0.3) is 0 Å². The Balaban J connectivity index is 1.91. The zero-order valence-corrected chi connectivity index (χ0v) is 17.1. The maximum atomic E-state index is 13.4. The number of benzene rings is 1. The van der Waals surface area contributed by atoms with Crippen LogP contribution in [-0.4, -0.2) is 46.6 Å². The molecule has 1 aliphatic heterocycles. The van der Waals surface area contributed by atoms with Crippen LogP contribution in [0.1, 0.15) is 48.2 Å². The van der Waals surface area contributed by atoms with E-state index in [0.717, 1.165) is 19.4 Å². The molecule has 5 N–H and O–H groups in total. The lowest BCUT2D eigenvalue weighted by atomic mass is 9.60. The third-order valence-electron chi connectivity index (χ3n) is 6.83. The van der Waals surface area contributed by atoms with Crippen molar-refractivity contribution in [3.05, 3.63) is 35.5 Å². The van der Waals surface area contributed by atoms with Crippen molar-refractivity contribution in [3.63, 3.8) is 0 Å². The highest BCUT2D eigenvalue weighted by Gasteiger charge is 2.54. The molecule has 2 heterocycles. The molecular weight excluding hydrogens is 384 g/mol. The van der Waals surface area contributed by atoms with Crippen LogP contribution in [0.5, 0.6) is 0 Å². The number of primary amides is 1. The molecule has 1 aliphatic carbocycles.